The average Bonchev–Trinajstić information content (AvgIpc) is 3.17. The molecule has 2 N–H and O–H groups in total. The van der Waals surface area contributed by atoms with Gasteiger partial charge in [0.05, 0.1) is 16.7 Å². The van der Waals surface area contributed by atoms with Crippen LogP contribution in [-0.2, 0) is 0 Å². The Bertz CT molecular complexity index is 795. The number of carbonyl (C=O) groups is 1. The lowest BCUT2D eigenvalue weighted by molar-refractivity contribution is 0.100. The fraction of sp³-hybridized carbons (Fsp3) is 0.609. The molecular weight excluding hydrogens is 373 g/mol. The number of hydrogen-bond acceptors (Lipinski definition) is 3. The summed E-state index contributed by atoms with van der Waals surface area (Å²) in [6.45, 7) is 9.51. The van der Waals surface area contributed by atoms with Crippen molar-refractivity contribution < 1.29 is 13.9 Å². The Morgan fingerprint density at radius 3 is 2.54 bits per heavy atom. The first-order valence-corrected chi connectivity index (χ1v) is 11.1. The lowest BCUT2D eigenvalue weighted by Crippen LogP contribution is -2.09. The summed E-state index contributed by atoms with van der Waals surface area (Å²) >= 11 is 1.13. The molecule has 1 saturated carbocycles. The second kappa shape index (κ2) is 9.73. The molecule has 3 rings (SSSR count). The zero-order valence-corrected chi connectivity index (χ0v) is 18.6. The maximum absolute atomic E-state index is 13.3. The molecule has 1 aliphatic rings. The molecule has 0 radical (unpaired) electrons. The molecule has 1 fully saturated rings. The SMILES string of the molecule is CCCC(CC(C)C)CC1(C)CC1.COc1c(F)ccc2cc(C(N)=O)sc12. The normalized spacial score (nSPS) is 15.8. The molecule has 1 unspecified atom stereocenters. The molecule has 1 heterocycles. The number of amides is 1. The minimum atomic E-state index is -0.515. The molecule has 5 heteroatoms. The second-order valence-electron chi connectivity index (χ2n) is 8.77. The highest BCUT2D eigenvalue weighted by Gasteiger charge is 2.38. The molecule has 1 aliphatic carbocycles. The van der Waals surface area contributed by atoms with E-state index >= 15 is 0 Å². The summed E-state index contributed by atoms with van der Waals surface area (Å²) < 4.78 is 18.8. The number of primary amides is 1. The molecule has 3 nitrogen and oxygen atoms in total. The Hall–Kier alpha value is -1.62. The van der Waals surface area contributed by atoms with Crippen LogP contribution in [0.1, 0.15) is 75.9 Å². The van der Waals surface area contributed by atoms with E-state index in [0.717, 1.165) is 34.0 Å². The second-order valence-corrected chi connectivity index (χ2v) is 9.83. The van der Waals surface area contributed by atoms with Gasteiger partial charge in [-0.25, -0.2) is 4.39 Å². The Morgan fingerprint density at radius 1 is 1.36 bits per heavy atom. The van der Waals surface area contributed by atoms with Gasteiger partial charge < -0.3 is 10.5 Å². The summed E-state index contributed by atoms with van der Waals surface area (Å²) in [5.74, 6) is 1.10. The molecule has 2 aromatic rings. The number of halogens is 1. The van der Waals surface area contributed by atoms with E-state index in [4.69, 9.17) is 10.5 Å². The number of nitrogens with two attached hydrogens (primary N) is 1. The van der Waals surface area contributed by atoms with E-state index in [2.05, 4.69) is 27.7 Å². The third-order valence-corrected chi connectivity index (χ3v) is 6.59. The van der Waals surface area contributed by atoms with E-state index < -0.39 is 11.7 Å². The van der Waals surface area contributed by atoms with Crippen LogP contribution in [0.2, 0.25) is 0 Å². The van der Waals surface area contributed by atoms with Gasteiger partial charge in [0.1, 0.15) is 0 Å². The first-order valence-electron chi connectivity index (χ1n) is 10.2. The summed E-state index contributed by atoms with van der Waals surface area (Å²) in [5, 5.41) is 0.757. The largest absolute Gasteiger partial charge is 0.492 e. The van der Waals surface area contributed by atoms with Crippen molar-refractivity contribution in [2.24, 2.45) is 23.0 Å². The molecule has 1 atom stereocenters. The van der Waals surface area contributed by atoms with Gasteiger partial charge in [-0.3, -0.25) is 4.79 Å². The molecule has 28 heavy (non-hydrogen) atoms. The van der Waals surface area contributed by atoms with Crippen LogP contribution in [-0.4, -0.2) is 13.0 Å². The zero-order valence-electron chi connectivity index (χ0n) is 17.8. The number of carbonyl (C=O) groups excluding carboxylic acids is 1. The highest BCUT2D eigenvalue weighted by molar-refractivity contribution is 7.21. The van der Waals surface area contributed by atoms with Gasteiger partial charge in [0.2, 0.25) is 0 Å². The molecule has 0 bridgehead atoms. The Kier molecular flexibility index (Phi) is 7.87. The maximum atomic E-state index is 13.3. The van der Waals surface area contributed by atoms with Crippen LogP contribution in [0.15, 0.2) is 18.2 Å². The predicted octanol–water partition coefficient (Wildman–Crippen LogP) is 6.79. The first kappa shape index (κ1) is 22.7. The van der Waals surface area contributed by atoms with Gasteiger partial charge >= 0.3 is 0 Å². The smallest absolute Gasteiger partial charge is 0.258 e. The zero-order chi connectivity index (χ0) is 20.9. The minimum absolute atomic E-state index is 0.157. The highest BCUT2D eigenvalue weighted by atomic mass is 32.1. The molecule has 1 aromatic heterocycles. The van der Waals surface area contributed by atoms with Crippen molar-refractivity contribution in [2.45, 2.75) is 66.2 Å². The van der Waals surface area contributed by atoms with Gasteiger partial charge in [0.25, 0.3) is 5.91 Å². The molecular formula is C23H34FNO2S. The summed E-state index contributed by atoms with van der Waals surface area (Å²) in [6, 6.07) is 4.53. The van der Waals surface area contributed by atoms with Crippen molar-refractivity contribution >= 4 is 27.3 Å². The number of ether oxygens (including phenoxy) is 1. The van der Waals surface area contributed by atoms with E-state index in [-0.39, 0.29) is 5.75 Å². The number of rotatable bonds is 8. The van der Waals surface area contributed by atoms with Crippen LogP contribution in [0.4, 0.5) is 4.39 Å². The number of benzene rings is 1. The summed E-state index contributed by atoms with van der Waals surface area (Å²) in [6.07, 6.45) is 8.75. The topological polar surface area (TPSA) is 52.3 Å². The first-order chi connectivity index (χ1) is 13.2. The van der Waals surface area contributed by atoms with Crippen LogP contribution in [0, 0.1) is 23.1 Å². The van der Waals surface area contributed by atoms with E-state index in [1.54, 1.807) is 12.1 Å². The maximum Gasteiger partial charge on any atom is 0.258 e. The molecule has 0 aliphatic heterocycles. The van der Waals surface area contributed by atoms with Crippen molar-refractivity contribution in [1.82, 2.24) is 0 Å². The van der Waals surface area contributed by atoms with E-state index in [0.29, 0.717) is 9.58 Å². The molecule has 0 spiro atoms. The monoisotopic (exact) mass is 407 g/mol. The quantitative estimate of drug-likeness (QED) is 0.524. The lowest BCUT2D eigenvalue weighted by Gasteiger charge is -2.21. The van der Waals surface area contributed by atoms with Crippen molar-refractivity contribution in [3.05, 3.63) is 28.9 Å². The average molecular weight is 408 g/mol. The van der Waals surface area contributed by atoms with Crippen molar-refractivity contribution in [3.63, 3.8) is 0 Å². The van der Waals surface area contributed by atoms with E-state index in [1.165, 1.54) is 51.7 Å². The third kappa shape index (κ3) is 6.20. The molecule has 0 saturated heterocycles. The van der Waals surface area contributed by atoms with Crippen LogP contribution in [0.5, 0.6) is 5.75 Å². The minimum Gasteiger partial charge on any atom is -0.492 e. The van der Waals surface area contributed by atoms with Crippen LogP contribution < -0.4 is 10.5 Å². The van der Waals surface area contributed by atoms with Crippen molar-refractivity contribution in [3.8, 4) is 5.75 Å². The Morgan fingerprint density at radius 2 is 2.04 bits per heavy atom. The van der Waals surface area contributed by atoms with E-state index in [1.807, 2.05) is 0 Å². The standard InChI is InChI=1S/C13H26.C10H8FNO2S/c1-5-6-12(9-11(2)3)10-13(4)7-8-13;1-14-8-6(11)3-2-5-4-7(10(12)13)15-9(5)8/h11-12H,5-10H2,1-4H3;2-4H,1H3,(H2,12,13). The molecule has 1 amide bonds. The fourth-order valence-corrected chi connectivity index (χ4v) is 4.88. The van der Waals surface area contributed by atoms with Gasteiger partial charge in [0, 0.05) is 0 Å². The summed E-state index contributed by atoms with van der Waals surface area (Å²) in [5.41, 5.74) is 5.90. The number of fused-ring (bicyclic) bond motifs is 1. The van der Waals surface area contributed by atoms with Crippen LogP contribution in [0.25, 0.3) is 10.1 Å². The van der Waals surface area contributed by atoms with Gasteiger partial charge in [-0.1, -0.05) is 46.6 Å². The van der Waals surface area contributed by atoms with Gasteiger partial charge in [-0.2, -0.15) is 0 Å². The molecule has 156 valence electrons. The number of hydrogen-bond donors (Lipinski definition) is 1. The fourth-order valence-electron chi connectivity index (χ4n) is 3.86. The summed E-state index contributed by atoms with van der Waals surface area (Å²) in [4.78, 5) is 11.4. The van der Waals surface area contributed by atoms with E-state index in [9.17, 15) is 9.18 Å². The van der Waals surface area contributed by atoms with Gasteiger partial charge in [0.15, 0.2) is 11.6 Å². The summed E-state index contributed by atoms with van der Waals surface area (Å²) in [7, 11) is 1.39. The Labute approximate surface area is 172 Å². The lowest BCUT2D eigenvalue weighted by atomic mass is 9.84. The van der Waals surface area contributed by atoms with Crippen molar-refractivity contribution in [1.29, 1.82) is 0 Å². The van der Waals surface area contributed by atoms with Crippen molar-refractivity contribution in [2.75, 3.05) is 7.11 Å². The highest BCUT2D eigenvalue weighted by Crippen LogP contribution is 2.51. The number of thiophene rings is 1. The number of methoxy groups -OCH3 is 1. The van der Waals surface area contributed by atoms with Gasteiger partial charge in [-0.05, 0) is 60.5 Å². The Balaban J connectivity index is 0.000000203. The van der Waals surface area contributed by atoms with Crippen LogP contribution in [0.3, 0.4) is 0 Å². The molecule has 1 aromatic carbocycles. The third-order valence-electron chi connectivity index (χ3n) is 5.43. The van der Waals surface area contributed by atoms with Crippen LogP contribution >= 0.6 is 11.3 Å². The predicted molar refractivity (Wildman–Crippen MR) is 117 cm³/mol. The van der Waals surface area contributed by atoms with Gasteiger partial charge in [-0.15, -0.1) is 11.3 Å².